The Morgan fingerprint density at radius 1 is 0.575 bits per heavy atom. The van der Waals surface area contributed by atoms with Gasteiger partial charge in [0.05, 0.1) is 16.7 Å². The van der Waals surface area contributed by atoms with Crippen molar-refractivity contribution in [3.05, 3.63) is 157 Å². The van der Waals surface area contributed by atoms with Gasteiger partial charge >= 0.3 is 0 Å². The molecule has 40 heavy (non-hydrogen) atoms. The average molecular weight is 513 g/mol. The highest BCUT2D eigenvalue weighted by atomic mass is 15.3. The van der Waals surface area contributed by atoms with Gasteiger partial charge in [0.1, 0.15) is 0 Å². The van der Waals surface area contributed by atoms with Gasteiger partial charge in [-0.2, -0.15) is 0 Å². The summed E-state index contributed by atoms with van der Waals surface area (Å²) in [5, 5.41) is 8.61. The van der Waals surface area contributed by atoms with E-state index in [9.17, 15) is 0 Å². The van der Waals surface area contributed by atoms with Crippen LogP contribution < -0.4 is 0 Å². The molecule has 0 spiro atoms. The van der Waals surface area contributed by atoms with Crippen molar-refractivity contribution < 1.29 is 0 Å². The van der Waals surface area contributed by atoms with Crippen LogP contribution in [-0.2, 0) is 0 Å². The maximum atomic E-state index is 3.44. The molecule has 8 rings (SSSR count). The molecule has 1 heterocycles. The highest BCUT2D eigenvalue weighted by Gasteiger charge is 2.19. The van der Waals surface area contributed by atoms with E-state index in [1.54, 1.807) is 0 Å². The van der Waals surface area contributed by atoms with Crippen LogP contribution in [0.3, 0.4) is 0 Å². The van der Waals surface area contributed by atoms with E-state index < -0.39 is 0 Å². The Morgan fingerprint density at radius 2 is 1.18 bits per heavy atom. The number of nitrogens with one attached hydrogen (secondary N) is 1. The molecule has 0 radical (unpaired) electrons. The zero-order chi connectivity index (χ0) is 26.5. The van der Waals surface area contributed by atoms with Gasteiger partial charge in [-0.05, 0) is 80.1 Å². The molecule has 1 aromatic heterocycles. The van der Waals surface area contributed by atoms with E-state index in [0.29, 0.717) is 5.92 Å². The number of H-pyrrole nitrogens is 1. The molecule has 0 bridgehead atoms. The predicted molar refractivity (Wildman–Crippen MR) is 169 cm³/mol. The fraction of sp³-hybridized carbons (Fsp3) is 0.0526. The molecule has 0 amide bonds. The quantitative estimate of drug-likeness (QED) is 0.227. The molecule has 0 aliphatic heterocycles. The highest BCUT2D eigenvalue weighted by Crippen LogP contribution is 2.43. The molecule has 0 saturated heterocycles. The molecule has 1 aliphatic rings. The van der Waals surface area contributed by atoms with Gasteiger partial charge < -0.3 is 0 Å². The third kappa shape index (κ3) is 3.65. The molecular formula is C38H28N2. The van der Waals surface area contributed by atoms with Crippen molar-refractivity contribution in [1.29, 1.82) is 0 Å². The minimum Gasteiger partial charge on any atom is -0.292 e. The van der Waals surface area contributed by atoms with E-state index in [0.717, 1.165) is 12.1 Å². The first kappa shape index (κ1) is 22.9. The van der Waals surface area contributed by atoms with Crippen molar-refractivity contribution >= 4 is 38.2 Å². The van der Waals surface area contributed by atoms with Gasteiger partial charge in [-0.1, -0.05) is 121 Å². The summed E-state index contributed by atoms with van der Waals surface area (Å²) in [4.78, 5) is 0. The number of benzene rings is 6. The second kappa shape index (κ2) is 9.29. The van der Waals surface area contributed by atoms with Gasteiger partial charge in [0, 0.05) is 5.92 Å². The average Bonchev–Trinajstić information content (AvgIpc) is 3.01. The third-order valence-electron chi connectivity index (χ3n) is 8.34. The Labute approximate surface area is 233 Å². The second-order valence-electron chi connectivity index (χ2n) is 10.6. The van der Waals surface area contributed by atoms with Crippen molar-refractivity contribution in [3.8, 4) is 16.8 Å². The molecule has 6 aromatic carbocycles. The molecule has 190 valence electrons. The molecule has 2 nitrogen and oxygen atoms in total. The van der Waals surface area contributed by atoms with E-state index >= 15 is 0 Å². The van der Waals surface area contributed by atoms with Crippen LogP contribution >= 0.6 is 0 Å². The molecule has 1 atom stereocenters. The third-order valence-corrected chi connectivity index (χ3v) is 8.34. The molecule has 1 N–H and O–H groups in total. The molecular weight excluding hydrogens is 484 g/mol. The van der Waals surface area contributed by atoms with Crippen LogP contribution in [0.15, 0.2) is 146 Å². The fourth-order valence-corrected chi connectivity index (χ4v) is 6.38. The summed E-state index contributed by atoms with van der Waals surface area (Å²) >= 11 is 0. The van der Waals surface area contributed by atoms with Crippen LogP contribution in [0.1, 0.15) is 23.5 Å². The number of aromatic amines is 1. The zero-order valence-corrected chi connectivity index (χ0v) is 22.1. The molecule has 1 aliphatic carbocycles. The van der Waals surface area contributed by atoms with Crippen LogP contribution in [0.5, 0.6) is 0 Å². The fourth-order valence-electron chi connectivity index (χ4n) is 6.38. The molecule has 0 fully saturated rings. The minimum atomic E-state index is 0.424. The van der Waals surface area contributed by atoms with E-state index in [4.69, 9.17) is 0 Å². The highest BCUT2D eigenvalue weighted by molar-refractivity contribution is 6.19. The number of aromatic nitrogens is 2. The number of allylic oxidation sites excluding steroid dienone is 4. The van der Waals surface area contributed by atoms with Crippen LogP contribution in [0.25, 0.3) is 55.0 Å². The Balaban J connectivity index is 1.26. The van der Waals surface area contributed by atoms with E-state index in [1.807, 2.05) is 0 Å². The van der Waals surface area contributed by atoms with Crippen molar-refractivity contribution in [1.82, 2.24) is 9.78 Å². The Hall–Kier alpha value is -5.08. The van der Waals surface area contributed by atoms with Gasteiger partial charge in [0.25, 0.3) is 0 Å². The lowest BCUT2D eigenvalue weighted by Gasteiger charge is -2.21. The number of para-hydroxylation sites is 2. The van der Waals surface area contributed by atoms with Crippen molar-refractivity contribution in [3.63, 3.8) is 0 Å². The number of hydrogen-bond acceptors (Lipinski definition) is 0. The first-order valence-corrected chi connectivity index (χ1v) is 14.0. The predicted octanol–water partition coefficient (Wildman–Crippen LogP) is 10.1. The number of fused-ring (bicyclic) bond motifs is 3. The molecule has 7 aromatic rings. The van der Waals surface area contributed by atoms with Gasteiger partial charge in [0.2, 0.25) is 0 Å². The number of hydrogen-bond donors (Lipinski definition) is 1. The Kier molecular flexibility index (Phi) is 5.31. The largest absolute Gasteiger partial charge is 0.292 e. The number of nitrogens with zero attached hydrogens (tertiary/aromatic N) is 1. The van der Waals surface area contributed by atoms with Crippen LogP contribution in [-0.4, -0.2) is 9.78 Å². The van der Waals surface area contributed by atoms with Crippen LogP contribution in [0.4, 0.5) is 0 Å². The van der Waals surface area contributed by atoms with Crippen LogP contribution in [0, 0.1) is 0 Å². The lowest BCUT2D eigenvalue weighted by Crippen LogP contribution is -2.07. The van der Waals surface area contributed by atoms with Crippen molar-refractivity contribution in [2.75, 3.05) is 0 Å². The molecule has 1 unspecified atom stereocenters. The standard InChI is InChI=1S/C38H28N2/c1-2-10-26(11-3-1)27-18-20-28(21-19-27)37-31-12-4-6-14-33(31)38(34-15-7-5-13-32(34)37)29-22-24-30(25-23-29)40-36-17-9-8-16-35(36)39-40/h1-18,20-25,27,39H,19H2. The summed E-state index contributed by atoms with van der Waals surface area (Å²) in [6.45, 7) is 0. The Bertz CT molecular complexity index is 2010. The summed E-state index contributed by atoms with van der Waals surface area (Å²) in [6.07, 6.45) is 8.15. The van der Waals surface area contributed by atoms with Crippen molar-refractivity contribution in [2.45, 2.75) is 12.3 Å². The normalized spacial score (nSPS) is 15.2. The van der Waals surface area contributed by atoms with E-state index in [1.165, 1.54) is 60.4 Å². The van der Waals surface area contributed by atoms with Crippen molar-refractivity contribution in [2.24, 2.45) is 0 Å². The minimum absolute atomic E-state index is 0.424. The van der Waals surface area contributed by atoms with Crippen LogP contribution in [0.2, 0.25) is 0 Å². The smallest absolute Gasteiger partial charge is 0.0880 e. The lowest BCUT2D eigenvalue weighted by molar-refractivity contribution is 0.857. The number of rotatable bonds is 4. The second-order valence-corrected chi connectivity index (χ2v) is 10.6. The zero-order valence-electron chi connectivity index (χ0n) is 22.1. The molecule has 0 saturated carbocycles. The molecule has 2 heteroatoms. The summed E-state index contributed by atoms with van der Waals surface area (Å²) < 4.78 is 2.14. The van der Waals surface area contributed by atoms with Gasteiger partial charge in [-0.3, -0.25) is 9.78 Å². The Morgan fingerprint density at radius 3 is 1.80 bits per heavy atom. The summed E-state index contributed by atoms with van der Waals surface area (Å²) in [6, 6.07) is 46.0. The van der Waals surface area contributed by atoms with Gasteiger partial charge in [-0.25, -0.2) is 0 Å². The topological polar surface area (TPSA) is 20.7 Å². The lowest BCUT2D eigenvalue weighted by atomic mass is 9.82. The summed E-state index contributed by atoms with van der Waals surface area (Å²) in [5.41, 5.74) is 10.0. The summed E-state index contributed by atoms with van der Waals surface area (Å²) in [7, 11) is 0. The van der Waals surface area contributed by atoms with E-state index in [2.05, 4.69) is 155 Å². The maximum Gasteiger partial charge on any atom is 0.0880 e. The van der Waals surface area contributed by atoms with Gasteiger partial charge in [0.15, 0.2) is 0 Å². The van der Waals surface area contributed by atoms with E-state index in [-0.39, 0.29) is 0 Å². The first-order chi connectivity index (χ1) is 19.8. The monoisotopic (exact) mass is 512 g/mol. The SMILES string of the molecule is C1=CC(c2ccccc2)CC=C1c1c2ccccc2c(-c2ccc(-n3[nH]c4ccccc43)cc2)c2ccccc12. The maximum absolute atomic E-state index is 3.44. The first-order valence-electron chi connectivity index (χ1n) is 14.0. The summed E-state index contributed by atoms with van der Waals surface area (Å²) in [5.74, 6) is 0.424. The van der Waals surface area contributed by atoms with Gasteiger partial charge in [-0.15, -0.1) is 0 Å².